The summed E-state index contributed by atoms with van der Waals surface area (Å²) < 4.78 is 6.17. The zero-order chi connectivity index (χ0) is 25.7. The molecule has 0 spiro atoms. The van der Waals surface area contributed by atoms with Crippen LogP contribution in [-0.4, -0.2) is 9.97 Å². The predicted octanol–water partition coefficient (Wildman–Crippen LogP) is 10.4. The van der Waals surface area contributed by atoms with Crippen molar-refractivity contribution in [2.45, 2.75) is 104 Å². The number of unbranched alkanes of at least 4 members (excludes halogenated alkanes) is 10. The Labute approximate surface area is 223 Å². The lowest BCUT2D eigenvalue weighted by Gasteiger charge is -2.04. The third kappa shape index (κ3) is 8.28. The standard InChI is InChI=1S/C34H44N2O/c1-3-5-7-9-10-11-12-14-16-28-25-35-34(36-26-28)30-21-22-32-31(23-30)24-33(37-32)29-19-17-27(18-20-29)15-13-8-6-4-2/h17-26H,3-16H2,1-2H3. The second-order valence-electron chi connectivity index (χ2n) is 10.5. The van der Waals surface area contributed by atoms with Gasteiger partial charge < -0.3 is 4.42 Å². The molecule has 0 radical (unpaired) electrons. The van der Waals surface area contributed by atoms with E-state index in [-0.39, 0.29) is 0 Å². The quantitative estimate of drug-likeness (QED) is 0.145. The summed E-state index contributed by atoms with van der Waals surface area (Å²) >= 11 is 0. The van der Waals surface area contributed by atoms with E-state index >= 15 is 0 Å². The Bertz CT molecular complexity index is 1190. The minimum atomic E-state index is 0.775. The van der Waals surface area contributed by atoms with Gasteiger partial charge in [-0.3, -0.25) is 0 Å². The summed E-state index contributed by atoms with van der Waals surface area (Å²) in [5.41, 5.74) is 5.68. The molecule has 4 aromatic rings. The van der Waals surface area contributed by atoms with Crippen LogP contribution in [0.5, 0.6) is 0 Å². The van der Waals surface area contributed by atoms with E-state index in [0.29, 0.717) is 0 Å². The van der Waals surface area contributed by atoms with Crippen molar-refractivity contribution in [1.29, 1.82) is 0 Å². The maximum Gasteiger partial charge on any atom is 0.159 e. The highest BCUT2D eigenvalue weighted by atomic mass is 16.3. The summed E-state index contributed by atoms with van der Waals surface area (Å²) in [5, 5.41) is 1.09. The van der Waals surface area contributed by atoms with Gasteiger partial charge in [0.05, 0.1) is 0 Å². The molecule has 4 rings (SSSR count). The molecule has 196 valence electrons. The van der Waals surface area contributed by atoms with E-state index < -0.39 is 0 Å². The third-order valence-electron chi connectivity index (χ3n) is 7.36. The van der Waals surface area contributed by atoms with Crippen molar-refractivity contribution >= 4 is 11.0 Å². The molecule has 2 aromatic heterocycles. The number of nitrogens with zero attached hydrogens (tertiary/aromatic N) is 2. The van der Waals surface area contributed by atoms with E-state index in [1.165, 1.54) is 88.2 Å². The number of benzene rings is 2. The predicted molar refractivity (Wildman–Crippen MR) is 157 cm³/mol. The Morgan fingerprint density at radius 2 is 1.14 bits per heavy atom. The van der Waals surface area contributed by atoms with Crippen molar-refractivity contribution in [3.8, 4) is 22.7 Å². The number of aromatic nitrogens is 2. The minimum Gasteiger partial charge on any atom is -0.456 e. The van der Waals surface area contributed by atoms with Crippen LogP contribution >= 0.6 is 0 Å². The molecule has 0 aliphatic rings. The van der Waals surface area contributed by atoms with Gasteiger partial charge in [0.2, 0.25) is 0 Å². The summed E-state index contributed by atoms with van der Waals surface area (Å²) in [6.45, 7) is 4.53. The first-order valence-corrected chi connectivity index (χ1v) is 14.7. The van der Waals surface area contributed by atoms with Gasteiger partial charge in [0.15, 0.2) is 5.82 Å². The molecule has 0 amide bonds. The molecule has 3 nitrogen and oxygen atoms in total. The normalized spacial score (nSPS) is 11.4. The first-order chi connectivity index (χ1) is 18.3. The van der Waals surface area contributed by atoms with Crippen molar-refractivity contribution in [1.82, 2.24) is 9.97 Å². The summed E-state index contributed by atoms with van der Waals surface area (Å²) in [6.07, 6.45) is 22.1. The van der Waals surface area contributed by atoms with Gasteiger partial charge in [0.1, 0.15) is 11.3 Å². The number of fused-ring (bicyclic) bond motifs is 1. The molecule has 0 aliphatic heterocycles. The minimum absolute atomic E-state index is 0.775. The summed E-state index contributed by atoms with van der Waals surface area (Å²) in [4.78, 5) is 9.35. The van der Waals surface area contributed by atoms with Gasteiger partial charge >= 0.3 is 0 Å². The van der Waals surface area contributed by atoms with Crippen LogP contribution in [0.4, 0.5) is 0 Å². The molecule has 37 heavy (non-hydrogen) atoms. The zero-order valence-electron chi connectivity index (χ0n) is 23.0. The maximum atomic E-state index is 6.17. The molecule has 0 N–H and O–H groups in total. The van der Waals surface area contributed by atoms with Crippen molar-refractivity contribution in [2.75, 3.05) is 0 Å². The first kappa shape index (κ1) is 27.1. The molecule has 2 aromatic carbocycles. The second kappa shape index (κ2) is 14.7. The van der Waals surface area contributed by atoms with Crippen molar-refractivity contribution in [2.24, 2.45) is 0 Å². The number of hydrogen-bond acceptors (Lipinski definition) is 3. The van der Waals surface area contributed by atoms with Crippen LogP contribution in [0.3, 0.4) is 0 Å². The highest BCUT2D eigenvalue weighted by molar-refractivity contribution is 5.86. The van der Waals surface area contributed by atoms with Gasteiger partial charge in [0.25, 0.3) is 0 Å². The molecule has 0 saturated heterocycles. The fraction of sp³-hybridized carbons (Fsp3) is 0.471. The second-order valence-corrected chi connectivity index (χ2v) is 10.5. The lowest BCUT2D eigenvalue weighted by molar-refractivity contribution is 0.575. The molecule has 0 unspecified atom stereocenters. The maximum absolute atomic E-state index is 6.17. The van der Waals surface area contributed by atoms with Gasteiger partial charge in [-0.1, -0.05) is 102 Å². The van der Waals surface area contributed by atoms with Gasteiger partial charge in [-0.2, -0.15) is 0 Å². The number of rotatable bonds is 16. The Balaban J connectivity index is 1.31. The molecule has 2 heterocycles. The van der Waals surface area contributed by atoms with Gasteiger partial charge in [-0.15, -0.1) is 0 Å². The van der Waals surface area contributed by atoms with E-state index in [4.69, 9.17) is 4.42 Å². The van der Waals surface area contributed by atoms with E-state index in [1.807, 2.05) is 18.5 Å². The Hall–Kier alpha value is -2.94. The van der Waals surface area contributed by atoms with Crippen LogP contribution in [0.1, 0.15) is 102 Å². The molecule has 0 saturated carbocycles. The fourth-order valence-corrected chi connectivity index (χ4v) is 5.01. The van der Waals surface area contributed by atoms with Crippen LogP contribution in [-0.2, 0) is 12.8 Å². The fourth-order valence-electron chi connectivity index (χ4n) is 5.01. The third-order valence-corrected chi connectivity index (χ3v) is 7.36. The largest absolute Gasteiger partial charge is 0.456 e. The van der Waals surface area contributed by atoms with Crippen LogP contribution in [0.15, 0.2) is 65.3 Å². The topological polar surface area (TPSA) is 38.9 Å². The number of hydrogen-bond donors (Lipinski definition) is 0. The lowest BCUT2D eigenvalue weighted by Crippen LogP contribution is -1.93. The zero-order valence-corrected chi connectivity index (χ0v) is 23.0. The SMILES string of the molecule is CCCCCCCCCCc1cnc(-c2ccc3oc(-c4ccc(CCCCCC)cc4)cc3c2)nc1. The molecular weight excluding hydrogens is 452 g/mol. The highest BCUT2D eigenvalue weighted by Gasteiger charge is 2.09. The lowest BCUT2D eigenvalue weighted by atomic mass is 10.0. The number of aryl methyl sites for hydroxylation is 2. The van der Waals surface area contributed by atoms with Gasteiger partial charge in [-0.05, 0) is 61.1 Å². The summed E-state index contributed by atoms with van der Waals surface area (Å²) in [6, 6.07) is 17.2. The molecule has 3 heteroatoms. The summed E-state index contributed by atoms with van der Waals surface area (Å²) in [7, 11) is 0. The average Bonchev–Trinajstić information content (AvgIpc) is 3.37. The molecule has 0 bridgehead atoms. The molecule has 0 fully saturated rings. The smallest absolute Gasteiger partial charge is 0.159 e. The van der Waals surface area contributed by atoms with Crippen LogP contribution in [0.25, 0.3) is 33.7 Å². The van der Waals surface area contributed by atoms with E-state index in [9.17, 15) is 0 Å². The van der Waals surface area contributed by atoms with Gasteiger partial charge in [0, 0.05) is 28.9 Å². The van der Waals surface area contributed by atoms with Crippen molar-refractivity contribution in [3.63, 3.8) is 0 Å². The van der Waals surface area contributed by atoms with Crippen molar-refractivity contribution < 1.29 is 4.42 Å². The monoisotopic (exact) mass is 496 g/mol. The van der Waals surface area contributed by atoms with Gasteiger partial charge in [-0.25, -0.2) is 9.97 Å². The summed E-state index contributed by atoms with van der Waals surface area (Å²) in [5.74, 6) is 1.68. The van der Waals surface area contributed by atoms with E-state index in [1.54, 1.807) is 0 Å². The number of furan rings is 1. The Morgan fingerprint density at radius 3 is 1.81 bits per heavy atom. The molecular formula is C34H44N2O. The van der Waals surface area contributed by atoms with Crippen molar-refractivity contribution in [3.05, 3.63) is 72.1 Å². The Kier molecular flexibility index (Phi) is 10.8. The molecule has 0 aliphatic carbocycles. The van der Waals surface area contributed by atoms with Crippen LogP contribution in [0.2, 0.25) is 0 Å². The van der Waals surface area contributed by atoms with Crippen LogP contribution < -0.4 is 0 Å². The average molecular weight is 497 g/mol. The van der Waals surface area contributed by atoms with Crippen LogP contribution in [0, 0.1) is 0 Å². The highest BCUT2D eigenvalue weighted by Crippen LogP contribution is 2.30. The molecule has 0 atom stereocenters. The van der Waals surface area contributed by atoms with E-state index in [2.05, 4.69) is 66.3 Å². The van der Waals surface area contributed by atoms with E-state index in [0.717, 1.165) is 46.5 Å². The Morgan fingerprint density at radius 1 is 0.568 bits per heavy atom. The first-order valence-electron chi connectivity index (χ1n) is 14.7.